The van der Waals surface area contributed by atoms with Crippen LogP contribution in [0.5, 0.6) is 0 Å². The van der Waals surface area contributed by atoms with Crippen LogP contribution in [0.4, 0.5) is 10.7 Å². The Balaban J connectivity index is 2.05. The summed E-state index contributed by atoms with van der Waals surface area (Å²) in [7, 11) is -3.84. The molecule has 0 bridgehead atoms. The van der Waals surface area contributed by atoms with Crippen LogP contribution in [-0.4, -0.2) is 24.4 Å². The molecule has 2 aromatic heterocycles. The quantitative estimate of drug-likeness (QED) is 0.877. The van der Waals surface area contributed by atoms with Crippen molar-refractivity contribution in [3.05, 3.63) is 36.0 Å². The molecule has 94 valence electrons. The number of carbonyl (C=O) groups is 1. The van der Waals surface area contributed by atoms with Crippen LogP contribution in [0.3, 0.4) is 0 Å². The van der Waals surface area contributed by atoms with Gasteiger partial charge in [-0.15, -0.1) is 11.3 Å². The van der Waals surface area contributed by atoms with Crippen molar-refractivity contribution in [2.24, 2.45) is 0 Å². The number of anilines is 1. The summed E-state index contributed by atoms with van der Waals surface area (Å²) < 4.78 is 25.3. The first-order valence-electron chi connectivity index (χ1n) is 4.72. The predicted molar refractivity (Wildman–Crippen MR) is 65.7 cm³/mol. The molecule has 0 spiro atoms. The number of rotatable bonds is 3. The zero-order valence-corrected chi connectivity index (χ0v) is 10.5. The Morgan fingerprint density at radius 3 is 2.56 bits per heavy atom. The molecule has 2 aromatic rings. The summed E-state index contributed by atoms with van der Waals surface area (Å²) in [5.74, 6) is 0.0244. The topological polar surface area (TPSA) is 101 Å². The summed E-state index contributed by atoms with van der Waals surface area (Å²) >= 11 is 1.02. The minimum atomic E-state index is -3.84. The van der Waals surface area contributed by atoms with E-state index in [-0.39, 0.29) is 10.2 Å². The maximum atomic E-state index is 11.7. The normalized spacial score (nSPS) is 10.9. The zero-order chi connectivity index (χ0) is 13.0. The van der Waals surface area contributed by atoms with Gasteiger partial charge in [0.2, 0.25) is 5.95 Å². The number of thiophene rings is 1. The number of hydrogen-bond donors (Lipinski definition) is 2. The van der Waals surface area contributed by atoms with E-state index in [1.165, 1.54) is 18.5 Å². The van der Waals surface area contributed by atoms with Crippen molar-refractivity contribution in [2.75, 3.05) is 5.32 Å². The highest BCUT2D eigenvalue weighted by Gasteiger charge is 2.18. The van der Waals surface area contributed by atoms with Gasteiger partial charge in [-0.3, -0.25) is 5.32 Å². The highest BCUT2D eigenvalue weighted by molar-refractivity contribution is 7.92. The largest absolute Gasteiger partial charge is 0.335 e. The Hall–Kier alpha value is -2.00. The summed E-state index contributed by atoms with van der Waals surface area (Å²) in [5.41, 5.74) is 0. The highest BCUT2D eigenvalue weighted by atomic mass is 32.2. The molecule has 0 unspecified atom stereocenters. The van der Waals surface area contributed by atoms with Gasteiger partial charge in [0.05, 0.1) is 0 Å². The number of hydrogen-bond acceptors (Lipinski definition) is 6. The average molecular weight is 284 g/mol. The molecule has 18 heavy (non-hydrogen) atoms. The Kier molecular flexibility index (Phi) is 3.53. The summed E-state index contributed by atoms with van der Waals surface area (Å²) in [4.78, 5) is 18.9. The van der Waals surface area contributed by atoms with Gasteiger partial charge in [0.15, 0.2) is 0 Å². The minimum Gasteiger partial charge on any atom is -0.275 e. The van der Waals surface area contributed by atoms with E-state index >= 15 is 0 Å². The summed E-state index contributed by atoms with van der Waals surface area (Å²) in [6, 6.07) is 3.65. The second-order valence-corrected chi connectivity index (χ2v) is 5.92. The van der Waals surface area contributed by atoms with Crippen LogP contribution in [0.25, 0.3) is 0 Å². The fourth-order valence-electron chi connectivity index (χ4n) is 1.08. The van der Waals surface area contributed by atoms with Gasteiger partial charge in [0.25, 0.3) is 10.0 Å². The van der Waals surface area contributed by atoms with Crippen LogP contribution in [-0.2, 0) is 10.0 Å². The molecule has 9 heteroatoms. The van der Waals surface area contributed by atoms with Crippen LogP contribution < -0.4 is 10.0 Å². The second kappa shape index (κ2) is 5.10. The van der Waals surface area contributed by atoms with Gasteiger partial charge >= 0.3 is 6.03 Å². The summed E-state index contributed by atoms with van der Waals surface area (Å²) in [5, 5.41) is 3.82. The fourth-order valence-corrected chi connectivity index (χ4v) is 2.98. The maximum Gasteiger partial charge on any atom is 0.335 e. The molecule has 0 aliphatic heterocycles. The van der Waals surface area contributed by atoms with Crippen molar-refractivity contribution in [3.8, 4) is 0 Å². The van der Waals surface area contributed by atoms with Gasteiger partial charge in [-0.1, -0.05) is 6.07 Å². The van der Waals surface area contributed by atoms with Crippen LogP contribution in [0.15, 0.2) is 40.2 Å². The van der Waals surface area contributed by atoms with Crippen molar-refractivity contribution in [3.63, 3.8) is 0 Å². The average Bonchev–Trinajstić information content (AvgIpc) is 2.83. The Labute approximate surface area is 107 Å². The van der Waals surface area contributed by atoms with Crippen LogP contribution in [0.2, 0.25) is 0 Å². The van der Waals surface area contributed by atoms with Crippen LogP contribution in [0.1, 0.15) is 0 Å². The van der Waals surface area contributed by atoms with E-state index in [0.717, 1.165) is 11.3 Å². The lowest BCUT2D eigenvalue weighted by molar-refractivity contribution is 0.256. The lowest BCUT2D eigenvalue weighted by atomic mass is 10.7. The summed E-state index contributed by atoms with van der Waals surface area (Å²) in [6.45, 7) is 0. The van der Waals surface area contributed by atoms with E-state index in [2.05, 4.69) is 15.3 Å². The highest BCUT2D eigenvalue weighted by Crippen LogP contribution is 2.15. The molecule has 0 saturated heterocycles. The molecule has 2 amide bonds. The lowest BCUT2D eigenvalue weighted by Crippen LogP contribution is -2.34. The lowest BCUT2D eigenvalue weighted by Gasteiger charge is -2.05. The molecular weight excluding hydrogens is 276 g/mol. The van der Waals surface area contributed by atoms with Crippen molar-refractivity contribution in [1.82, 2.24) is 14.7 Å². The van der Waals surface area contributed by atoms with E-state index in [4.69, 9.17) is 0 Å². The maximum absolute atomic E-state index is 11.7. The van der Waals surface area contributed by atoms with E-state index in [1.54, 1.807) is 17.5 Å². The first-order chi connectivity index (χ1) is 8.58. The van der Waals surface area contributed by atoms with E-state index in [1.807, 2.05) is 4.72 Å². The number of carbonyl (C=O) groups excluding carboxylic acids is 1. The standard InChI is InChI=1S/C9H8N4O3S2/c14-9(12-8-10-4-2-5-11-8)13-18(15,16)7-3-1-6-17-7/h1-6H,(H2,10,11,12,13,14). The number of sulfonamides is 1. The zero-order valence-electron chi connectivity index (χ0n) is 8.90. The Morgan fingerprint density at radius 1 is 1.22 bits per heavy atom. The molecule has 0 fully saturated rings. The number of nitrogens with zero attached hydrogens (tertiary/aromatic N) is 2. The van der Waals surface area contributed by atoms with Gasteiger partial charge in [-0.25, -0.2) is 27.9 Å². The number of urea groups is 1. The molecular formula is C9H8N4O3S2. The summed E-state index contributed by atoms with van der Waals surface area (Å²) in [6.07, 6.45) is 2.85. The number of nitrogens with one attached hydrogen (secondary N) is 2. The predicted octanol–water partition coefficient (Wildman–Crippen LogP) is 1.05. The molecule has 0 aliphatic carbocycles. The molecule has 0 atom stereocenters. The molecule has 0 aromatic carbocycles. The van der Waals surface area contributed by atoms with Crippen molar-refractivity contribution in [2.45, 2.75) is 4.21 Å². The first-order valence-corrected chi connectivity index (χ1v) is 7.08. The van der Waals surface area contributed by atoms with Gasteiger partial charge < -0.3 is 0 Å². The molecule has 0 radical (unpaired) electrons. The van der Waals surface area contributed by atoms with E-state index in [9.17, 15) is 13.2 Å². The van der Waals surface area contributed by atoms with Gasteiger partial charge in [-0.05, 0) is 17.5 Å². The molecule has 2 heterocycles. The van der Waals surface area contributed by atoms with Crippen molar-refractivity contribution >= 4 is 33.3 Å². The van der Waals surface area contributed by atoms with E-state index in [0.29, 0.717) is 0 Å². The second-order valence-electron chi connectivity index (χ2n) is 3.06. The van der Waals surface area contributed by atoms with Gasteiger partial charge in [0, 0.05) is 12.4 Å². The first kappa shape index (κ1) is 12.5. The molecule has 0 saturated carbocycles. The molecule has 7 nitrogen and oxygen atoms in total. The third kappa shape index (κ3) is 3.02. The van der Waals surface area contributed by atoms with Gasteiger partial charge in [-0.2, -0.15) is 0 Å². The number of aromatic nitrogens is 2. The third-order valence-corrected chi connectivity index (χ3v) is 4.51. The SMILES string of the molecule is O=C(Nc1ncccn1)NS(=O)(=O)c1cccs1. The van der Waals surface area contributed by atoms with Crippen molar-refractivity contribution in [1.29, 1.82) is 0 Å². The monoisotopic (exact) mass is 284 g/mol. The van der Waals surface area contributed by atoms with Crippen LogP contribution in [0, 0.1) is 0 Å². The molecule has 2 N–H and O–H groups in total. The smallest absolute Gasteiger partial charge is 0.275 e. The van der Waals surface area contributed by atoms with E-state index < -0.39 is 16.1 Å². The fraction of sp³-hybridized carbons (Fsp3) is 0. The molecule has 2 rings (SSSR count). The van der Waals surface area contributed by atoms with Crippen molar-refractivity contribution < 1.29 is 13.2 Å². The number of amides is 2. The Morgan fingerprint density at radius 2 is 1.94 bits per heavy atom. The third-order valence-electron chi connectivity index (χ3n) is 1.78. The van der Waals surface area contributed by atoms with Gasteiger partial charge in [0.1, 0.15) is 4.21 Å². The minimum absolute atomic E-state index is 0.0244. The Bertz CT molecular complexity index is 625. The molecule has 0 aliphatic rings. The van der Waals surface area contributed by atoms with Crippen LogP contribution >= 0.6 is 11.3 Å².